The molecule has 6 aromatic rings. The van der Waals surface area contributed by atoms with Gasteiger partial charge < -0.3 is 4.98 Å². The Morgan fingerprint density at radius 2 is 1.64 bits per heavy atom. The average molecular weight is 855 g/mol. The monoisotopic (exact) mass is 856 g/mol. The van der Waals surface area contributed by atoms with Crippen LogP contribution in [0.15, 0.2) is 85.2 Å². The van der Waals surface area contributed by atoms with Gasteiger partial charge in [0.25, 0.3) is 0 Å². The Labute approximate surface area is 289 Å². The van der Waals surface area contributed by atoms with Gasteiger partial charge >= 0.3 is 132 Å². The summed E-state index contributed by atoms with van der Waals surface area (Å²) in [6, 6.07) is 29.7. The van der Waals surface area contributed by atoms with Crippen LogP contribution in [0, 0.1) is 23.4 Å². The van der Waals surface area contributed by atoms with Crippen LogP contribution in [-0.2, 0) is 26.5 Å². The third kappa shape index (κ3) is 8.37. The molecule has 3 aromatic carbocycles. The van der Waals surface area contributed by atoms with Crippen molar-refractivity contribution in [3.8, 4) is 22.5 Å². The second-order valence-corrected chi connectivity index (χ2v) is 25.3. The van der Waals surface area contributed by atoms with E-state index >= 15 is 0 Å². The molecule has 0 spiro atoms. The standard InChI is InChI=1S/C20H15FNS.C19H26GeN.Ir/c1-12(2)13-9-10-22-18(11-13)16-7-3-5-14-15-6-4-8-17(21)20(15)23-19(14)16;1-19(2,3)13-16-12-18(15-10-8-7-9-11-15)21-14-17(16)20(4,5)6;/h3-6,8-12H,1-2H3;7-10,12,14H,13H2,1-6H3;/q2*-1;/i12D;;. The molecule has 3 heterocycles. The molecule has 6 heteroatoms. The van der Waals surface area contributed by atoms with Crippen molar-refractivity contribution >= 4 is 49.2 Å². The Hall–Kier alpha value is -2.70. The van der Waals surface area contributed by atoms with Gasteiger partial charge in [0.15, 0.2) is 0 Å². The minimum atomic E-state index is -1.90. The molecule has 0 aliphatic carbocycles. The third-order valence-corrected chi connectivity index (χ3v) is 13.1. The maximum Gasteiger partial charge on any atom is 0.140 e. The van der Waals surface area contributed by atoms with Crippen molar-refractivity contribution in [3.63, 3.8) is 0 Å². The van der Waals surface area contributed by atoms with E-state index in [1.165, 1.54) is 27.4 Å². The molecular formula is C39H41FGeIrN2S-2. The summed E-state index contributed by atoms with van der Waals surface area (Å²) in [5.41, 5.74) is 6.43. The molecule has 1 radical (unpaired) electrons. The number of thiophene rings is 1. The van der Waals surface area contributed by atoms with Gasteiger partial charge in [-0.3, -0.25) is 0 Å². The van der Waals surface area contributed by atoms with Crippen molar-refractivity contribution in [1.29, 1.82) is 0 Å². The van der Waals surface area contributed by atoms with Gasteiger partial charge in [0.2, 0.25) is 0 Å². The van der Waals surface area contributed by atoms with Crippen LogP contribution in [0.5, 0.6) is 0 Å². The summed E-state index contributed by atoms with van der Waals surface area (Å²) in [5, 5.41) is 1.93. The van der Waals surface area contributed by atoms with Crippen molar-refractivity contribution in [2.45, 2.75) is 64.2 Å². The Bertz CT molecular complexity index is 1950. The average Bonchev–Trinajstić information content (AvgIpc) is 3.36. The van der Waals surface area contributed by atoms with Gasteiger partial charge in [-0.1, -0.05) is 43.0 Å². The third-order valence-electron chi connectivity index (χ3n) is 7.51. The van der Waals surface area contributed by atoms with Crippen LogP contribution >= 0.6 is 11.3 Å². The molecule has 0 aliphatic rings. The summed E-state index contributed by atoms with van der Waals surface area (Å²) in [5.74, 6) is 6.43. The Morgan fingerprint density at radius 3 is 2.31 bits per heavy atom. The fraction of sp³-hybridized carbons (Fsp3) is 0.282. The van der Waals surface area contributed by atoms with Gasteiger partial charge in [-0.15, -0.1) is 23.8 Å². The molecule has 3 aromatic heterocycles. The molecule has 0 aliphatic heterocycles. The largest absolute Gasteiger partial charge is 0.305 e. The van der Waals surface area contributed by atoms with Crippen molar-refractivity contribution in [2.24, 2.45) is 5.41 Å². The van der Waals surface area contributed by atoms with E-state index in [9.17, 15) is 4.39 Å². The quantitative estimate of drug-likeness (QED) is 0.128. The molecule has 6 rings (SSSR count). The van der Waals surface area contributed by atoms with E-state index < -0.39 is 19.2 Å². The van der Waals surface area contributed by atoms with E-state index in [-0.39, 0.29) is 25.9 Å². The number of halogens is 1. The Balaban J connectivity index is 0.000000207. The first-order chi connectivity index (χ1) is 21.1. The first kappa shape index (κ1) is 33.7. The van der Waals surface area contributed by atoms with Gasteiger partial charge in [0, 0.05) is 27.7 Å². The number of hydrogen-bond acceptors (Lipinski definition) is 3. The summed E-state index contributed by atoms with van der Waals surface area (Å²) < 4.78 is 25.5. The van der Waals surface area contributed by atoms with Crippen LogP contribution in [0.3, 0.4) is 0 Å². The number of pyridine rings is 2. The predicted molar refractivity (Wildman–Crippen MR) is 190 cm³/mol. The van der Waals surface area contributed by atoms with Crippen LogP contribution in [0.2, 0.25) is 17.3 Å². The van der Waals surface area contributed by atoms with Crippen molar-refractivity contribution < 1.29 is 25.9 Å². The van der Waals surface area contributed by atoms with E-state index in [1.54, 1.807) is 12.3 Å². The smallest absolute Gasteiger partial charge is 0.140 e. The van der Waals surface area contributed by atoms with E-state index in [1.807, 2.05) is 62.4 Å². The maximum atomic E-state index is 14.1. The summed E-state index contributed by atoms with van der Waals surface area (Å²) in [6.07, 6.45) is 4.96. The molecule has 235 valence electrons. The van der Waals surface area contributed by atoms with Crippen LogP contribution in [0.4, 0.5) is 4.39 Å². The van der Waals surface area contributed by atoms with Crippen molar-refractivity contribution in [3.05, 3.63) is 114 Å². The molecule has 2 nitrogen and oxygen atoms in total. The normalized spacial score (nSPS) is 12.3. The minimum absolute atomic E-state index is 0. The summed E-state index contributed by atoms with van der Waals surface area (Å²) >= 11 is -0.466. The van der Waals surface area contributed by atoms with Crippen molar-refractivity contribution in [1.82, 2.24) is 9.97 Å². The zero-order chi connectivity index (χ0) is 32.6. The first-order valence-electron chi connectivity index (χ1n) is 15.6. The van der Waals surface area contributed by atoms with E-state index in [4.69, 9.17) is 6.35 Å². The number of hydrogen-bond donors (Lipinski definition) is 0. The molecule has 0 N–H and O–H groups in total. The number of benzene rings is 3. The second kappa shape index (κ2) is 14.4. The van der Waals surface area contributed by atoms with Crippen molar-refractivity contribution in [2.75, 3.05) is 0 Å². The molecule has 0 amide bonds. The van der Waals surface area contributed by atoms with Gasteiger partial charge in [-0.25, -0.2) is 4.39 Å². The Kier molecular flexibility index (Phi) is 10.8. The van der Waals surface area contributed by atoms with Crippen LogP contribution in [0.25, 0.3) is 42.7 Å². The number of rotatable bonds is 5. The van der Waals surface area contributed by atoms with Crippen LogP contribution in [-0.4, -0.2) is 23.2 Å². The molecule has 0 atom stereocenters. The minimum Gasteiger partial charge on any atom is -0.305 e. The van der Waals surface area contributed by atoms with E-state index in [0.717, 1.165) is 50.0 Å². The molecule has 0 unspecified atom stereocenters. The fourth-order valence-electron chi connectivity index (χ4n) is 5.39. The van der Waals surface area contributed by atoms with Gasteiger partial charge in [-0.05, 0) is 33.8 Å². The number of fused-ring (bicyclic) bond motifs is 3. The number of aromatic nitrogens is 2. The molecule has 45 heavy (non-hydrogen) atoms. The van der Waals surface area contributed by atoms with Crippen LogP contribution in [0.1, 0.15) is 53.0 Å². The van der Waals surface area contributed by atoms with E-state index in [2.05, 4.69) is 73.5 Å². The Morgan fingerprint density at radius 1 is 0.889 bits per heavy atom. The summed E-state index contributed by atoms with van der Waals surface area (Å²) in [6.45, 7) is 10.6. The SMILES string of the molecule is CC(C)(C)Cc1cc(-c2[c-]cccc2)nc[c]1[Ge]([CH3])([CH3])[CH3].[2H]C(C)(C)c1ccnc(-c2[c-]ccc3c2sc2c(F)cccc23)c1.[Ir]. The topological polar surface area (TPSA) is 25.8 Å². The fourth-order valence-corrected chi connectivity index (χ4v) is 9.90. The molecule has 0 saturated heterocycles. The summed E-state index contributed by atoms with van der Waals surface area (Å²) in [7, 11) is 0. The molecule has 0 fully saturated rings. The van der Waals surface area contributed by atoms with Crippen LogP contribution < -0.4 is 4.40 Å². The van der Waals surface area contributed by atoms with Gasteiger partial charge in [0.05, 0.1) is 4.70 Å². The second-order valence-electron chi connectivity index (χ2n) is 13.7. The molecular weight excluding hydrogens is 812 g/mol. The first-order valence-corrected chi connectivity index (χ1v) is 23.2. The zero-order valence-electron chi connectivity index (χ0n) is 28.3. The predicted octanol–water partition coefficient (Wildman–Crippen LogP) is 10.9. The summed E-state index contributed by atoms with van der Waals surface area (Å²) in [4.78, 5) is 9.19. The molecule has 0 saturated carbocycles. The zero-order valence-corrected chi connectivity index (χ0v) is 32.6. The van der Waals surface area contributed by atoms with E-state index in [0.29, 0.717) is 10.1 Å². The van der Waals surface area contributed by atoms with Gasteiger partial charge in [-0.2, -0.15) is 11.3 Å². The molecule has 0 bridgehead atoms. The maximum absolute atomic E-state index is 14.1. The number of nitrogens with zero attached hydrogens (tertiary/aromatic N) is 2. The van der Waals surface area contributed by atoms with Gasteiger partial charge in [0.1, 0.15) is 5.82 Å².